The Morgan fingerprint density at radius 2 is 1.90 bits per heavy atom. The molecular formula is C21H19N9O. The van der Waals surface area contributed by atoms with Gasteiger partial charge in [0.05, 0.1) is 29.8 Å². The van der Waals surface area contributed by atoms with Crippen molar-refractivity contribution < 1.29 is 0 Å². The van der Waals surface area contributed by atoms with Crippen LogP contribution >= 0.6 is 0 Å². The van der Waals surface area contributed by atoms with E-state index in [0.717, 1.165) is 44.5 Å². The first-order valence-electron chi connectivity index (χ1n) is 9.91. The SMILES string of the molecule is Cn1c(Cc2ccn[nH]2)nc2c3cnn(Cc4cccc5[nH]ncc45)c(=O)c3n(C)c21. The fourth-order valence-corrected chi connectivity index (χ4v) is 4.33. The van der Waals surface area contributed by atoms with Gasteiger partial charge in [0, 0.05) is 37.8 Å². The van der Waals surface area contributed by atoms with E-state index < -0.39 is 0 Å². The Morgan fingerprint density at radius 3 is 2.74 bits per heavy atom. The number of hydrogen-bond acceptors (Lipinski definition) is 5. The molecule has 0 saturated heterocycles. The average molecular weight is 413 g/mol. The number of rotatable bonds is 4. The van der Waals surface area contributed by atoms with Gasteiger partial charge in [-0.2, -0.15) is 15.3 Å². The van der Waals surface area contributed by atoms with Gasteiger partial charge in [0.15, 0.2) is 0 Å². The number of hydrogen-bond donors (Lipinski definition) is 2. The van der Waals surface area contributed by atoms with E-state index in [1.165, 1.54) is 4.68 Å². The first kappa shape index (κ1) is 17.6. The van der Waals surface area contributed by atoms with Crippen molar-refractivity contribution in [1.82, 2.24) is 44.3 Å². The summed E-state index contributed by atoms with van der Waals surface area (Å²) in [4.78, 5) is 18.2. The van der Waals surface area contributed by atoms with E-state index in [1.54, 1.807) is 18.6 Å². The molecule has 5 heterocycles. The van der Waals surface area contributed by atoms with Crippen LogP contribution < -0.4 is 5.56 Å². The van der Waals surface area contributed by atoms with Gasteiger partial charge in [-0.15, -0.1) is 0 Å². The number of imidazole rings is 1. The van der Waals surface area contributed by atoms with Crippen LogP contribution in [0.25, 0.3) is 33.0 Å². The number of aryl methyl sites for hydroxylation is 2. The number of aromatic nitrogens is 9. The molecule has 0 aliphatic heterocycles. The standard InChI is InChI=1S/C21H19N9O/c1-28-17(8-13-6-7-22-26-13)25-18-15-10-24-30(21(31)19(15)29(2)20(18)28)11-12-4-3-5-16-14(12)9-23-27-16/h3-7,9-10H,8,11H2,1-2H3,(H,22,26)(H,23,27). The third-order valence-electron chi connectivity index (χ3n) is 5.89. The van der Waals surface area contributed by atoms with Gasteiger partial charge in [-0.3, -0.25) is 15.0 Å². The van der Waals surface area contributed by atoms with Crippen molar-refractivity contribution in [1.29, 1.82) is 0 Å². The molecule has 0 aliphatic carbocycles. The molecule has 154 valence electrons. The summed E-state index contributed by atoms with van der Waals surface area (Å²) in [6.45, 7) is 0.367. The van der Waals surface area contributed by atoms with Crippen LogP contribution in [0, 0.1) is 0 Å². The zero-order valence-corrected chi connectivity index (χ0v) is 17.0. The molecule has 10 heteroatoms. The molecule has 0 aliphatic rings. The minimum Gasteiger partial charge on any atom is -0.324 e. The van der Waals surface area contributed by atoms with Crippen LogP contribution in [0.5, 0.6) is 0 Å². The fourth-order valence-electron chi connectivity index (χ4n) is 4.33. The Balaban J connectivity index is 1.48. The second kappa shape index (κ2) is 6.39. The molecule has 31 heavy (non-hydrogen) atoms. The Hall–Kier alpha value is -4.21. The molecule has 5 aromatic heterocycles. The summed E-state index contributed by atoms with van der Waals surface area (Å²) in [6, 6.07) is 7.82. The Morgan fingerprint density at radius 1 is 1.00 bits per heavy atom. The van der Waals surface area contributed by atoms with Gasteiger partial charge in [0.1, 0.15) is 22.5 Å². The lowest BCUT2D eigenvalue weighted by Crippen LogP contribution is -2.24. The average Bonchev–Trinajstić information content (AvgIpc) is 3.53. The van der Waals surface area contributed by atoms with E-state index in [1.807, 2.05) is 47.5 Å². The molecule has 6 rings (SSSR count). The number of aromatic amines is 2. The second-order valence-electron chi connectivity index (χ2n) is 7.69. The largest absolute Gasteiger partial charge is 0.324 e. The summed E-state index contributed by atoms with van der Waals surface area (Å²) in [5, 5.41) is 20.2. The molecule has 0 amide bonds. The highest BCUT2D eigenvalue weighted by Gasteiger charge is 2.20. The van der Waals surface area contributed by atoms with E-state index in [2.05, 4.69) is 25.5 Å². The predicted octanol–water partition coefficient (Wildman–Crippen LogP) is 1.86. The van der Waals surface area contributed by atoms with Crippen molar-refractivity contribution in [2.75, 3.05) is 0 Å². The quantitative estimate of drug-likeness (QED) is 0.458. The lowest BCUT2D eigenvalue weighted by atomic mass is 10.1. The molecular weight excluding hydrogens is 394 g/mol. The number of benzene rings is 1. The first-order valence-corrected chi connectivity index (χ1v) is 9.91. The summed E-state index contributed by atoms with van der Waals surface area (Å²) in [6.07, 6.45) is 5.87. The zero-order chi connectivity index (χ0) is 21.1. The second-order valence-corrected chi connectivity index (χ2v) is 7.69. The van der Waals surface area contributed by atoms with Crippen molar-refractivity contribution in [3.63, 3.8) is 0 Å². The topological polar surface area (TPSA) is 115 Å². The van der Waals surface area contributed by atoms with Crippen molar-refractivity contribution >= 4 is 33.0 Å². The van der Waals surface area contributed by atoms with Gasteiger partial charge in [0.25, 0.3) is 5.56 Å². The fraction of sp³-hybridized carbons (Fsp3) is 0.190. The summed E-state index contributed by atoms with van der Waals surface area (Å²) in [7, 11) is 3.86. The zero-order valence-electron chi connectivity index (χ0n) is 17.0. The van der Waals surface area contributed by atoms with Crippen molar-refractivity contribution in [3.05, 3.63) is 70.3 Å². The smallest absolute Gasteiger partial charge is 0.291 e. The van der Waals surface area contributed by atoms with E-state index in [9.17, 15) is 4.79 Å². The normalized spacial score (nSPS) is 11.9. The molecule has 0 atom stereocenters. The summed E-state index contributed by atoms with van der Waals surface area (Å²) < 4.78 is 5.42. The van der Waals surface area contributed by atoms with Crippen molar-refractivity contribution in [2.45, 2.75) is 13.0 Å². The highest BCUT2D eigenvalue weighted by Crippen LogP contribution is 2.26. The number of nitrogens with zero attached hydrogens (tertiary/aromatic N) is 7. The summed E-state index contributed by atoms with van der Waals surface area (Å²) in [5.41, 5.74) is 5.02. The lowest BCUT2D eigenvalue weighted by Gasteiger charge is -2.07. The molecule has 0 unspecified atom stereocenters. The van der Waals surface area contributed by atoms with E-state index >= 15 is 0 Å². The van der Waals surface area contributed by atoms with Gasteiger partial charge in [-0.05, 0) is 17.7 Å². The third-order valence-corrected chi connectivity index (χ3v) is 5.89. The predicted molar refractivity (Wildman–Crippen MR) is 116 cm³/mol. The molecule has 0 spiro atoms. The molecule has 0 fully saturated rings. The van der Waals surface area contributed by atoms with E-state index in [-0.39, 0.29) is 5.56 Å². The van der Waals surface area contributed by atoms with Crippen LogP contribution in [0.15, 0.2) is 47.7 Å². The number of H-pyrrole nitrogens is 2. The Kier molecular flexibility index (Phi) is 3.64. The molecule has 0 radical (unpaired) electrons. The number of nitrogens with one attached hydrogen (secondary N) is 2. The summed E-state index contributed by atoms with van der Waals surface area (Å²) in [5.74, 6) is 0.891. The monoisotopic (exact) mass is 413 g/mol. The Bertz CT molecular complexity index is 1630. The van der Waals surface area contributed by atoms with Crippen LogP contribution in [-0.4, -0.2) is 44.3 Å². The van der Waals surface area contributed by atoms with Crippen molar-refractivity contribution in [2.24, 2.45) is 14.1 Å². The van der Waals surface area contributed by atoms with Crippen LogP contribution in [-0.2, 0) is 27.1 Å². The molecule has 0 bridgehead atoms. The van der Waals surface area contributed by atoms with E-state index in [4.69, 9.17) is 4.98 Å². The third kappa shape index (κ3) is 2.54. The maximum atomic E-state index is 13.4. The van der Waals surface area contributed by atoms with E-state index in [0.29, 0.717) is 18.5 Å². The van der Waals surface area contributed by atoms with Crippen LogP contribution in [0.3, 0.4) is 0 Å². The maximum absolute atomic E-state index is 13.4. The van der Waals surface area contributed by atoms with Crippen LogP contribution in [0.2, 0.25) is 0 Å². The molecule has 2 N–H and O–H groups in total. The molecule has 10 nitrogen and oxygen atoms in total. The lowest BCUT2D eigenvalue weighted by molar-refractivity contribution is 0.646. The van der Waals surface area contributed by atoms with Crippen LogP contribution in [0.1, 0.15) is 17.1 Å². The van der Waals surface area contributed by atoms with Gasteiger partial charge in [-0.25, -0.2) is 9.67 Å². The van der Waals surface area contributed by atoms with Gasteiger partial charge >= 0.3 is 0 Å². The van der Waals surface area contributed by atoms with Gasteiger partial charge in [-0.1, -0.05) is 12.1 Å². The van der Waals surface area contributed by atoms with Gasteiger partial charge < -0.3 is 9.13 Å². The highest BCUT2D eigenvalue weighted by atomic mass is 16.1. The highest BCUT2D eigenvalue weighted by molar-refractivity contribution is 6.04. The first-order chi connectivity index (χ1) is 15.1. The molecule has 1 aromatic carbocycles. The minimum absolute atomic E-state index is 0.145. The van der Waals surface area contributed by atoms with Crippen LogP contribution in [0.4, 0.5) is 0 Å². The molecule has 6 aromatic rings. The molecule has 0 saturated carbocycles. The summed E-state index contributed by atoms with van der Waals surface area (Å²) >= 11 is 0. The van der Waals surface area contributed by atoms with Gasteiger partial charge in [0.2, 0.25) is 0 Å². The minimum atomic E-state index is -0.145. The number of fused-ring (bicyclic) bond motifs is 4. The Labute approximate surface area is 175 Å². The van der Waals surface area contributed by atoms with Crippen molar-refractivity contribution in [3.8, 4) is 0 Å². The maximum Gasteiger partial charge on any atom is 0.291 e.